The van der Waals surface area contributed by atoms with E-state index in [0.29, 0.717) is 13.0 Å². The van der Waals surface area contributed by atoms with E-state index in [1.807, 2.05) is 20.8 Å². The van der Waals surface area contributed by atoms with E-state index < -0.39 is 0 Å². The lowest BCUT2D eigenvalue weighted by molar-refractivity contribution is -0.137. The van der Waals surface area contributed by atoms with E-state index >= 15 is 0 Å². The van der Waals surface area contributed by atoms with Gasteiger partial charge < -0.3 is 5.32 Å². The quantitative estimate of drug-likeness (QED) is 0.583. The van der Waals surface area contributed by atoms with E-state index in [4.69, 9.17) is 0 Å². The molecule has 0 aromatic carbocycles. The maximum atomic E-state index is 11.5. The molecule has 19 heavy (non-hydrogen) atoms. The smallest absolute Gasteiger partial charge is 0.253 e. The Morgan fingerprint density at radius 2 is 1.68 bits per heavy atom. The standard InChI is InChI=1S/C14H22N2O3/c1-14(2,3)15-11(17)7-5-4-6-10-16-12(18)8-9-13(16)19/h8-9H,4-7,10H2,1-3H3,(H,15,17). The zero-order valence-corrected chi connectivity index (χ0v) is 11.9. The number of nitrogens with one attached hydrogen (secondary N) is 1. The zero-order chi connectivity index (χ0) is 14.5. The molecular weight excluding hydrogens is 244 g/mol. The molecule has 1 rings (SSSR count). The molecule has 106 valence electrons. The molecule has 1 aliphatic heterocycles. The summed E-state index contributed by atoms with van der Waals surface area (Å²) in [6, 6.07) is 0. The number of hydrogen-bond acceptors (Lipinski definition) is 3. The highest BCUT2D eigenvalue weighted by molar-refractivity contribution is 6.12. The van der Waals surface area contributed by atoms with Crippen LogP contribution < -0.4 is 5.32 Å². The Bertz CT molecular complexity index is 376. The SMILES string of the molecule is CC(C)(C)NC(=O)CCCCCN1C(=O)C=CC1=O. The van der Waals surface area contributed by atoms with Crippen molar-refractivity contribution in [1.29, 1.82) is 0 Å². The fraction of sp³-hybridized carbons (Fsp3) is 0.643. The van der Waals surface area contributed by atoms with Crippen molar-refractivity contribution in [1.82, 2.24) is 10.2 Å². The second kappa shape index (κ2) is 6.50. The lowest BCUT2D eigenvalue weighted by atomic mass is 10.1. The van der Waals surface area contributed by atoms with Gasteiger partial charge in [0.15, 0.2) is 0 Å². The monoisotopic (exact) mass is 266 g/mol. The molecule has 1 aliphatic rings. The number of carbonyl (C=O) groups excluding carboxylic acids is 3. The van der Waals surface area contributed by atoms with E-state index in [1.54, 1.807) is 0 Å². The predicted octanol–water partition coefficient (Wildman–Crippen LogP) is 1.39. The Hall–Kier alpha value is -1.65. The maximum absolute atomic E-state index is 11.5. The number of amides is 3. The molecule has 0 spiro atoms. The van der Waals surface area contributed by atoms with Gasteiger partial charge in [-0.05, 0) is 33.6 Å². The van der Waals surface area contributed by atoms with Crippen LogP contribution in [0.25, 0.3) is 0 Å². The summed E-state index contributed by atoms with van der Waals surface area (Å²) < 4.78 is 0. The molecule has 0 aromatic heterocycles. The second-order valence-corrected chi connectivity index (χ2v) is 5.77. The molecule has 0 radical (unpaired) electrons. The summed E-state index contributed by atoms with van der Waals surface area (Å²) in [6.07, 6.45) is 5.40. The Kier molecular flexibility index (Phi) is 5.27. The summed E-state index contributed by atoms with van der Waals surface area (Å²) in [4.78, 5) is 35.3. The highest BCUT2D eigenvalue weighted by Gasteiger charge is 2.22. The fourth-order valence-electron chi connectivity index (χ4n) is 1.86. The van der Waals surface area contributed by atoms with Crippen LogP contribution in [0.3, 0.4) is 0 Å². The van der Waals surface area contributed by atoms with E-state index in [0.717, 1.165) is 19.3 Å². The molecule has 0 aliphatic carbocycles. The highest BCUT2D eigenvalue weighted by atomic mass is 16.2. The molecular formula is C14H22N2O3. The van der Waals surface area contributed by atoms with E-state index in [1.165, 1.54) is 17.1 Å². The number of rotatable bonds is 6. The van der Waals surface area contributed by atoms with Crippen molar-refractivity contribution in [3.63, 3.8) is 0 Å². The van der Waals surface area contributed by atoms with Gasteiger partial charge in [0, 0.05) is 30.7 Å². The molecule has 5 nitrogen and oxygen atoms in total. The molecule has 0 fully saturated rings. The first-order valence-electron chi connectivity index (χ1n) is 6.64. The van der Waals surface area contributed by atoms with Crippen LogP contribution in [0.5, 0.6) is 0 Å². The van der Waals surface area contributed by atoms with Gasteiger partial charge in [-0.25, -0.2) is 0 Å². The van der Waals surface area contributed by atoms with Crippen LogP contribution in [0.1, 0.15) is 46.5 Å². The van der Waals surface area contributed by atoms with Crippen molar-refractivity contribution >= 4 is 17.7 Å². The lowest BCUT2D eigenvalue weighted by Gasteiger charge is -2.20. The van der Waals surface area contributed by atoms with Crippen LogP contribution in [0, 0.1) is 0 Å². The normalized spacial score (nSPS) is 15.2. The zero-order valence-electron chi connectivity index (χ0n) is 11.9. The lowest BCUT2D eigenvalue weighted by Crippen LogP contribution is -2.40. The molecule has 0 saturated carbocycles. The molecule has 0 saturated heterocycles. The average Bonchev–Trinajstić information content (AvgIpc) is 2.57. The van der Waals surface area contributed by atoms with Crippen molar-refractivity contribution in [3.05, 3.63) is 12.2 Å². The average molecular weight is 266 g/mol. The summed E-state index contributed by atoms with van der Waals surface area (Å²) in [6.45, 7) is 6.28. The van der Waals surface area contributed by atoms with Gasteiger partial charge in [0.25, 0.3) is 11.8 Å². The molecule has 0 atom stereocenters. The van der Waals surface area contributed by atoms with Gasteiger partial charge in [-0.1, -0.05) is 6.42 Å². The molecule has 0 bridgehead atoms. The van der Waals surface area contributed by atoms with Gasteiger partial charge >= 0.3 is 0 Å². The number of imide groups is 1. The van der Waals surface area contributed by atoms with E-state index in [9.17, 15) is 14.4 Å². The van der Waals surface area contributed by atoms with Crippen molar-refractivity contribution < 1.29 is 14.4 Å². The third-order valence-corrected chi connectivity index (χ3v) is 2.70. The Morgan fingerprint density at radius 3 is 2.21 bits per heavy atom. The van der Waals surface area contributed by atoms with Crippen LogP contribution in [-0.4, -0.2) is 34.7 Å². The number of nitrogens with zero attached hydrogens (tertiary/aromatic N) is 1. The summed E-state index contributed by atoms with van der Waals surface area (Å²) in [5, 5.41) is 2.90. The molecule has 0 unspecified atom stereocenters. The molecule has 1 N–H and O–H groups in total. The molecule has 0 aromatic rings. The molecule has 1 heterocycles. The Labute approximate surface area is 114 Å². The van der Waals surface area contributed by atoms with Gasteiger partial charge in [0.05, 0.1) is 0 Å². The summed E-state index contributed by atoms with van der Waals surface area (Å²) in [7, 11) is 0. The van der Waals surface area contributed by atoms with E-state index in [2.05, 4.69) is 5.32 Å². The predicted molar refractivity (Wildman–Crippen MR) is 72.2 cm³/mol. The Balaban J connectivity index is 2.10. The van der Waals surface area contributed by atoms with Gasteiger partial charge in [-0.2, -0.15) is 0 Å². The van der Waals surface area contributed by atoms with Crippen molar-refractivity contribution in [2.75, 3.05) is 6.54 Å². The second-order valence-electron chi connectivity index (χ2n) is 5.77. The van der Waals surface area contributed by atoms with Crippen molar-refractivity contribution in [3.8, 4) is 0 Å². The summed E-state index contributed by atoms with van der Waals surface area (Å²) in [5.41, 5.74) is -0.197. The van der Waals surface area contributed by atoms with Crippen LogP contribution in [-0.2, 0) is 14.4 Å². The minimum Gasteiger partial charge on any atom is -0.352 e. The van der Waals surface area contributed by atoms with Gasteiger partial charge in [0.2, 0.25) is 5.91 Å². The maximum Gasteiger partial charge on any atom is 0.253 e. The third kappa shape index (κ3) is 5.68. The third-order valence-electron chi connectivity index (χ3n) is 2.70. The topological polar surface area (TPSA) is 66.5 Å². The number of unbranched alkanes of at least 4 members (excludes halogenated alkanes) is 2. The minimum atomic E-state index is -0.240. The summed E-state index contributed by atoms with van der Waals surface area (Å²) in [5.74, 6) is -0.437. The van der Waals surface area contributed by atoms with Crippen LogP contribution in [0.15, 0.2) is 12.2 Å². The van der Waals surface area contributed by atoms with Crippen molar-refractivity contribution in [2.45, 2.75) is 52.0 Å². The summed E-state index contributed by atoms with van der Waals surface area (Å²) >= 11 is 0. The van der Waals surface area contributed by atoms with Crippen LogP contribution >= 0.6 is 0 Å². The first kappa shape index (κ1) is 15.4. The van der Waals surface area contributed by atoms with Crippen LogP contribution in [0.4, 0.5) is 0 Å². The van der Waals surface area contributed by atoms with Gasteiger partial charge in [0.1, 0.15) is 0 Å². The number of hydrogen-bond donors (Lipinski definition) is 1. The Morgan fingerprint density at radius 1 is 1.11 bits per heavy atom. The van der Waals surface area contributed by atoms with Gasteiger partial charge in [-0.3, -0.25) is 19.3 Å². The minimum absolute atomic E-state index is 0.0440. The van der Waals surface area contributed by atoms with Crippen LogP contribution in [0.2, 0.25) is 0 Å². The highest BCUT2D eigenvalue weighted by Crippen LogP contribution is 2.08. The largest absolute Gasteiger partial charge is 0.352 e. The number of carbonyl (C=O) groups is 3. The molecule has 5 heteroatoms. The fourth-order valence-corrected chi connectivity index (χ4v) is 1.86. The first-order valence-corrected chi connectivity index (χ1v) is 6.64. The van der Waals surface area contributed by atoms with Crippen molar-refractivity contribution in [2.24, 2.45) is 0 Å². The van der Waals surface area contributed by atoms with E-state index in [-0.39, 0.29) is 23.3 Å². The first-order chi connectivity index (χ1) is 8.79. The molecule has 3 amide bonds. The van der Waals surface area contributed by atoms with Gasteiger partial charge in [-0.15, -0.1) is 0 Å².